The molecule has 4 aromatic rings. The van der Waals surface area contributed by atoms with E-state index in [1.54, 1.807) is 18.2 Å². The molecule has 3 aromatic carbocycles. The third-order valence-electron chi connectivity index (χ3n) is 6.52. The number of rotatable bonds is 13. The van der Waals surface area contributed by atoms with Crippen LogP contribution in [0.4, 0.5) is 48.2 Å². The molecule has 4 rings (SSSR count). The molecule has 1 aromatic heterocycles. The molecule has 1 heterocycles. The molecule has 12 nitrogen and oxygen atoms in total. The number of aromatic nitrogens is 1. The third-order valence-corrected chi connectivity index (χ3v) is 6.52. The Morgan fingerprint density at radius 1 is 0.712 bits per heavy atom. The van der Waals surface area contributed by atoms with Gasteiger partial charge >= 0.3 is 18.4 Å². The van der Waals surface area contributed by atoms with E-state index in [4.69, 9.17) is 29.4 Å². The zero-order valence-corrected chi connectivity index (χ0v) is 28.0. The molecule has 3 amide bonds. The number of nitrogens with one attached hydrogen (secondary N) is 3. The maximum atomic E-state index is 13.1. The van der Waals surface area contributed by atoms with Gasteiger partial charge in [0, 0.05) is 39.2 Å². The first kappa shape index (κ1) is 40.7. The number of nitrogen functional groups attached to an aromatic ring is 1. The van der Waals surface area contributed by atoms with E-state index in [9.17, 15) is 35.9 Å². The molecule has 18 heteroatoms. The highest BCUT2D eigenvalue weighted by atomic mass is 19.4. The average molecular weight is 740 g/mol. The summed E-state index contributed by atoms with van der Waals surface area (Å²) in [5.41, 5.74) is 4.07. The summed E-state index contributed by atoms with van der Waals surface area (Å²) >= 11 is 0. The van der Waals surface area contributed by atoms with E-state index >= 15 is 0 Å². The molecular formula is C34H35F6N5O7. The summed E-state index contributed by atoms with van der Waals surface area (Å²) < 4.78 is 102. The monoisotopic (exact) mass is 739 g/mol. The van der Waals surface area contributed by atoms with Crippen LogP contribution in [0.25, 0.3) is 0 Å². The Morgan fingerprint density at radius 3 is 1.85 bits per heavy atom. The molecule has 5 N–H and O–H groups in total. The molecule has 0 aliphatic carbocycles. The van der Waals surface area contributed by atoms with Crippen LogP contribution in [0.2, 0.25) is 0 Å². The minimum absolute atomic E-state index is 0.0362. The van der Waals surface area contributed by atoms with Crippen LogP contribution in [-0.4, -0.2) is 64.6 Å². The minimum atomic E-state index is -4.59. The third kappa shape index (κ3) is 12.9. The van der Waals surface area contributed by atoms with E-state index in [1.807, 2.05) is 0 Å². The normalized spacial score (nSPS) is 11.1. The smallest absolute Gasteiger partial charge is 0.416 e. The van der Waals surface area contributed by atoms with Crippen molar-refractivity contribution in [1.82, 2.24) is 10.3 Å². The molecule has 0 saturated heterocycles. The molecule has 280 valence electrons. The van der Waals surface area contributed by atoms with E-state index in [0.717, 1.165) is 30.3 Å². The highest BCUT2D eigenvalue weighted by Gasteiger charge is 2.32. The lowest BCUT2D eigenvalue weighted by Crippen LogP contribution is -2.20. The molecule has 0 aliphatic heterocycles. The number of hydrogen-bond donors (Lipinski definition) is 4. The lowest BCUT2D eigenvalue weighted by molar-refractivity contribution is -0.138. The number of benzene rings is 3. The fraction of sp³-hybridized carbons (Fsp3) is 0.265. The van der Waals surface area contributed by atoms with Gasteiger partial charge in [0.25, 0.3) is 5.91 Å². The van der Waals surface area contributed by atoms with Crippen LogP contribution in [0.15, 0.2) is 79.0 Å². The molecule has 0 unspecified atom stereocenters. The summed E-state index contributed by atoms with van der Waals surface area (Å²) in [6.45, 7) is 0.891. The standard InChI is InChI=1S/C24H23F3N4O5.C10H12F3NO2/c1-28-22(32)20-14-18(9-10-29-20)36-17-6-4-16(5-7-17)30-23(33)31-19-13-15(24(25,26)27)3-8-21(19)35-12-11-34-2;1-15-4-5-16-9-3-2-7(6-8(9)14)10(11,12)13/h3-10,13-14H,11-12H2,1-2H3,(H,28,32)(H2,30,31,33);2-3,6H,4-5,14H2,1H3. The predicted molar refractivity (Wildman–Crippen MR) is 179 cm³/mol. The van der Waals surface area contributed by atoms with E-state index < -0.39 is 29.5 Å². The fourth-order valence-corrected chi connectivity index (χ4v) is 4.01. The second kappa shape index (κ2) is 19.0. The molecule has 0 atom stereocenters. The van der Waals surface area contributed by atoms with Gasteiger partial charge in [-0.1, -0.05) is 0 Å². The van der Waals surface area contributed by atoms with Gasteiger partial charge in [-0.15, -0.1) is 0 Å². The molecule has 0 bridgehead atoms. The Morgan fingerprint density at radius 2 is 1.29 bits per heavy atom. The van der Waals surface area contributed by atoms with Crippen molar-refractivity contribution in [3.8, 4) is 23.0 Å². The fourth-order valence-electron chi connectivity index (χ4n) is 4.01. The van der Waals surface area contributed by atoms with Gasteiger partial charge in [0.1, 0.15) is 41.9 Å². The molecule has 0 radical (unpaired) electrons. The van der Waals surface area contributed by atoms with Crippen LogP contribution in [0.1, 0.15) is 21.6 Å². The number of hydrogen-bond acceptors (Lipinski definition) is 9. The van der Waals surface area contributed by atoms with Crippen molar-refractivity contribution in [2.75, 3.05) is 64.1 Å². The number of alkyl halides is 6. The Labute approximate surface area is 294 Å². The number of nitrogens with zero attached hydrogens (tertiary/aromatic N) is 1. The second-order valence-corrected chi connectivity index (χ2v) is 10.3. The Kier molecular flexibility index (Phi) is 14.9. The highest BCUT2D eigenvalue weighted by molar-refractivity contribution is 6.00. The number of halogens is 6. The topological polar surface area (TPSA) is 155 Å². The molecule has 0 spiro atoms. The molecule has 0 aliphatic rings. The van der Waals surface area contributed by atoms with E-state index in [0.29, 0.717) is 23.8 Å². The summed E-state index contributed by atoms with van der Waals surface area (Å²) in [5, 5.41) is 7.39. The van der Waals surface area contributed by atoms with Gasteiger partial charge in [-0.25, -0.2) is 4.79 Å². The quantitative estimate of drug-likeness (QED) is 0.0631. The summed E-state index contributed by atoms with van der Waals surface area (Å²) in [7, 11) is 4.44. The van der Waals surface area contributed by atoms with Crippen molar-refractivity contribution in [3.05, 3.63) is 95.8 Å². The second-order valence-electron chi connectivity index (χ2n) is 10.3. The number of ether oxygens (including phenoxy) is 5. The predicted octanol–water partition coefficient (Wildman–Crippen LogP) is 7.23. The van der Waals surface area contributed by atoms with Crippen LogP contribution in [0.5, 0.6) is 23.0 Å². The minimum Gasteiger partial charge on any atom is -0.489 e. The van der Waals surface area contributed by atoms with Crippen LogP contribution in [0.3, 0.4) is 0 Å². The number of nitrogens with two attached hydrogens (primary N) is 1. The van der Waals surface area contributed by atoms with E-state index in [1.165, 1.54) is 51.7 Å². The summed E-state index contributed by atoms with van der Waals surface area (Å²) in [4.78, 5) is 28.1. The average Bonchev–Trinajstić information content (AvgIpc) is 3.09. The van der Waals surface area contributed by atoms with Gasteiger partial charge in [0.05, 0.1) is 35.7 Å². The van der Waals surface area contributed by atoms with Crippen molar-refractivity contribution in [1.29, 1.82) is 0 Å². The maximum absolute atomic E-state index is 13.1. The lowest BCUT2D eigenvalue weighted by atomic mass is 10.2. The van der Waals surface area contributed by atoms with Crippen molar-refractivity contribution >= 4 is 29.0 Å². The van der Waals surface area contributed by atoms with Gasteiger partial charge < -0.3 is 45.4 Å². The maximum Gasteiger partial charge on any atom is 0.416 e. The highest BCUT2D eigenvalue weighted by Crippen LogP contribution is 2.36. The van der Waals surface area contributed by atoms with Crippen molar-refractivity contribution in [3.63, 3.8) is 0 Å². The van der Waals surface area contributed by atoms with E-state index in [2.05, 4.69) is 20.9 Å². The zero-order chi connectivity index (χ0) is 38.3. The molecule has 0 saturated carbocycles. The molecular weight excluding hydrogens is 704 g/mol. The van der Waals surface area contributed by atoms with Crippen LogP contribution in [-0.2, 0) is 21.8 Å². The first-order chi connectivity index (χ1) is 24.6. The van der Waals surface area contributed by atoms with Crippen molar-refractivity contribution < 1.29 is 59.6 Å². The van der Waals surface area contributed by atoms with Gasteiger partial charge in [-0.05, 0) is 66.7 Å². The largest absolute Gasteiger partial charge is 0.489 e. The van der Waals surface area contributed by atoms with Gasteiger partial charge in [-0.3, -0.25) is 9.78 Å². The zero-order valence-electron chi connectivity index (χ0n) is 28.0. The van der Waals surface area contributed by atoms with E-state index in [-0.39, 0.29) is 54.3 Å². The summed E-state index contributed by atoms with van der Waals surface area (Å²) in [6.07, 6.45) is -7.55. The molecule has 0 fully saturated rings. The number of amides is 3. The lowest BCUT2D eigenvalue weighted by Gasteiger charge is -2.16. The Hall–Kier alpha value is -5.75. The van der Waals surface area contributed by atoms with Crippen LogP contribution in [0, 0.1) is 0 Å². The van der Waals surface area contributed by atoms with Crippen molar-refractivity contribution in [2.24, 2.45) is 0 Å². The molecule has 52 heavy (non-hydrogen) atoms. The summed E-state index contributed by atoms with van der Waals surface area (Å²) in [5.74, 6) is 0.728. The number of anilines is 3. The van der Waals surface area contributed by atoms with Gasteiger partial charge in [-0.2, -0.15) is 26.3 Å². The number of carbonyl (C=O) groups is 2. The van der Waals surface area contributed by atoms with Crippen LogP contribution >= 0.6 is 0 Å². The number of urea groups is 1. The first-order valence-corrected chi connectivity index (χ1v) is 15.1. The van der Waals surface area contributed by atoms with Crippen LogP contribution < -0.4 is 35.9 Å². The van der Waals surface area contributed by atoms with Gasteiger partial charge in [0.15, 0.2) is 0 Å². The van der Waals surface area contributed by atoms with Crippen molar-refractivity contribution in [2.45, 2.75) is 12.4 Å². The number of pyridine rings is 1. The number of carbonyl (C=O) groups excluding carboxylic acids is 2. The first-order valence-electron chi connectivity index (χ1n) is 15.1. The Bertz CT molecular complexity index is 1770. The SMILES string of the molecule is CNC(=O)c1cc(Oc2ccc(NC(=O)Nc3cc(C(F)(F)F)ccc3OCCOC)cc2)ccn1.COCCOc1ccc(C(F)(F)F)cc1N. The summed E-state index contributed by atoms with van der Waals surface area (Å²) in [6, 6.07) is 14.3. The number of methoxy groups -OCH3 is 2. The van der Waals surface area contributed by atoms with Gasteiger partial charge in [0.2, 0.25) is 0 Å². The Balaban J connectivity index is 0.000000381.